The van der Waals surface area contributed by atoms with Gasteiger partial charge < -0.3 is 4.74 Å². The first-order valence-corrected chi connectivity index (χ1v) is 7.24. The highest BCUT2D eigenvalue weighted by atomic mass is 16.6. The molecule has 122 valence electrons. The van der Waals surface area contributed by atoms with Crippen LogP contribution >= 0.6 is 0 Å². The zero-order valence-electron chi connectivity index (χ0n) is 13.4. The van der Waals surface area contributed by atoms with E-state index in [-0.39, 0.29) is 5.69 Å². The Hall–Kier alpha value is -3.29. The molecule has 0 radical (unpaired) electrons. The van der Waals surface area contributed by atoms with Crippen molar-refractivity contribution >= 4 is 5.69 Å². The summed E-state index contributed by atoms with van der Waals surface area (Å²) in [5, 5.41) is 15.2. The molecule has 3 aromatic rings. The zero-order valence-corrected chi connectivity index (χ0v) is 13.4. The molecule has 8 nitrogen and oxygen atoms in total. The fourth-order valence-electron chi connectivity index (χ4n) is 2.33. The van der Waals surface area contributed by atoms with Crippen molar-refractivity contribution in [1.29, 1.82) is 0 Å². The maximum Gasteiger partial charge on any atom is 0.273 e. The van der Waals surface area contributed by atoms with Crippen LogP contribution in [0.3, 0.4) is 0 Å². The molecule has 1 aromatic carbocycles. The van der Waals surface area contributed by atoms with E-state index in [0.29, 0.717) is 23.3 Å². The van der Waals surface area contributed by atoms with Gasteiger partial charge >= 0.3 is 0 Å². The van der Waals surface area contributed by atoms with Crippen molar-refractivity contribution in [3.63, 3.8) is 0 Å². The fourth-order valence-corrected chi connectivity index (χ4v) is 2.33. The fraction of sp³-hybridized carbons (Fsp3) is 0.188. The molecular weight excluding hydrogens is 310 g/mol. The number of nitro groups is 1. The number of hydrogen-bond donors (Lipinski definition) is 0. The summed E-state index contributed by atoms with van der Waals surface area (Å²) in [7, 11) is 0. The molecule has 0 fully saturated rings. The minimum absolute atomic E-state index is 0.0444. The lowest BCUT2D eigenvalue weighted by atomic mass is 10.3. The van der Waals surface area contributed by atoms with E-state index in [1.807, 2.05) is 19.9 Å². The van der Waals surface area contributed by atoms with Crippen LogP contribution in [0.1, 0.15) is 17.2 Å². The molecule has 0 N–H and O–H groups in total. The summed E-state index contributed by atoms with van der Waals surface area (Å²) < 4.78 is 7.36. The van der Waals surface area contributed by atoms with Gasteiger partial charge in [-0.05, 0) is 32.9 Å². The third-order valence-electron chi connectivity index (χ3n) is 3.28. The highest BCUT2D eigenvalue weighted by molar-refractivity contribution is 5.40. The lowest BCUT2D eigenvalue weighted by Gasteiger charge is -2.09. The molecule has 0 unspecified atom stereocenters. The van der Waals surface area contributed by atoms with Crippen molar-refractivity contribution in [2.45, 2.75) is 20.8 Å². The predicted molar refractivity (Wildman–Crippen MR) is 86.5 cm³/mol. The Morgan fingerprint density at radius 2 is 1.92 bits per heavy atom. The summed E-state index contributed by atoms with van der Waals surface area (Å²) in [5.41, 5.74) is 1.77. The molecule has 24 heavy (non-hydrogen) atoms. The van der Waals surface area contributed by atoms with Crippen LogP contribution in [0.2, 0.25) is 0 Å². The van der Waals surface area contributed by atoms with Crippen molar-refractivity contribution < 1.29 is 9.66 Å². The summed E-state index contributed by atoms with van der Waals surface area (Å²) in [4.78, 5) is 19.0. The first kappa shape index (κ1) is 15.6. The Morgan fingerprint density at radius 1 is 1.12 bits per heavy atom. The molecule has 0 aliphatic rings. The second-order valence-electron chi connectivity index (χ2n) is 5.31. The Kier molecular flexibility index (Phi) is 3.95. The molecule has 0 atom stereocenters. The monoisotopic (exact) mass is 325 g/mol. The molecule has 0 aliphatic heterocycles. The Morgan fingerprint density at radius 3 is 2.58 bits per heavy atom. The van der Waals surface area contributed by atoms with Crippen molar-refractivity contribution in [3.8, 4) is 17.4 Å². The minimum atomic E-state index is -0.473. The number of nitro benzene ring substituents is 1. The van der Waals surface area contributed by atoms with Crippen LogP contribution in [0, 0.1) is 30.9 Å². The summed E-state index contributed by atoms with van der Waals surface area (Å²) in [5.74, 6) is 1.72. The quantitative estimate of drug-likeness (QED) is 0.539. The third kappa shape index (κ3) is 3.22. The summed E-state index contributed by atoms with van der Waals surface area (Å²) >= 11 is 0. The average molecular weight is 325 g/mol. The minimum Gasteiger partial charge on any atom is -0.439 e. The molecule has 3 rings (SSSR count). The van der Waals surface area contributed by atoms with Crippen molar-refractivity contribution in [2.75, 3.05) is 0 Å². The molecule has 0 amide bonds. The Balaban J connectivity index is 1.96. The molecule has 0 bridgehead atoms. The van der Waals surface area contributed by atoms with Gasteiger partial charge in [-0.2, -0.15) is 10.1 Å². The number of aryl methyl sites for hydroxylation is 3. The smallest absolute Gasteiger partial charge is 0.273 e. The van der Waals surface area contributed by atoms with E-state index in [4.69, 9.17) is 4.74 Å². The van der Waals surface area contributed by atoms with E-state index < -0.39 is 4.92 Å². The number of nitrogens with zero attached hydrogens (tertiary/aromatic N) is 5. The number of benzene rings is 1. The van der Waals surface area contributed by atoms with Crippen LogP contribution in [0.25, 0.3) is 5.82 Å². The van der Waals surface area contributed by atoms with Crippen LogP contribution in [-0.4, -0.2) is 24.7 Å². The SMILES string of the molecule is Cc1cc(C)n(-c2cc(Oc3cccc([N+](=O)[O-])c3)nc(C)n2)n1. The van der Waals surface area contributed by atoms with Crippen molar-refractivity contribution in [1.82, 2.24) is 19.7 Å². The normalized spacial score (nSPS) is 10.6. The van der Waals surface area contributed by atoms with Gasteiger partial charge in [0, 0.05) is 17.8 Å². The maximum absolute atomic E-state index is 10.9. The van der Waals surface area contributed by atoms with Crippen molar-refractivity contribution in [2.24, 2.45) is 0 Å². The van der Waals surface area contributed by atoms with Gasteiger partial charge in [0.15, 0.2) is 5.82 Å². The first-order valence-electron chi connectivity index (χ1n) is 7.24. The topological polar surface area (TPSA) is 96.0 Å². The van der Waals surface area contributed by atoms with E-state index >= 15 is 0 Å². The van der Waals surface area contributed by atoms with Gasteiger partial charge in [0.1, 0.15) is 11.6 Å². The van der Waals surface area contributed by atoms with Crippen molar-refractivity contribution in [3.05, 3.63) is 63.7 Å². The second kappa shape index (κ2) is 6.07. The molecule has 0 aliphatic carbocycles. The molecule has 0 saturated carbocycles. The van der Waals surface area contributed by atoms with Gasteiger partial charge in [-0.1, -0.05) is 6.07 Å². The van der Waals surface area contributed by atoms with Gasteiger partial charge in [-0.25, -0.2) is 9.67 Å². The Labute approximate surface area is 137 Å². The maximum atomic E-state index is 10.9. The number of aromatic nitrogens is 4. The lowest BCUT2D eigenvalue weighted by molar-refractivity contribution is -0.384. The summed E-state index contributed by atoms with van der Waals surface area (Å²) in [6.45, 7) is 5.58. The van der Waals surface area contributed by atoms with Gasteiger partial charge in [-0.15, -0.1) is 0 Å². The average Bonchev–Trinajstić information content (AvgIpc) is 2.85. The lowest BCUT2D eigenvalue weighted by Crippen LogP contribution is -2.05. The van der Waals surface area contributed by atoms with E-state index in [2.05, 4.69) is 15.1 Å². The van der Waals surface area contributed by atoms with E-state index in [9.17, 15) is 10.1 Å². The molecule has 0 spiro atoms. The number of hydrogen-bond acceptors (Lipinski definition) is 6. The van der Waals surface area contributed by atoms with Gasteiger partial charge in [0.25, 0.3) is 5.69 Å². The van der Waals surface area contributed by atoms with Crippen LogP contribution < -0.4 is 4.74 Å². The zero-order chi connectivity index (χ0) is 17.3. The highest BCUT2D eigenvalue weighted by Gasteiger charge is 2.11. The predicted octanol–water partition coefficient (Wildman–Crippen LogP) is 3.29. The van der Waals surface area contributed by atoms with Crippen LogP contribution in [0.4, 0.5) is 5.69 Å². The molecule has 0 saturated heterocycles. The number of ether oxygens (including phenoxy) is 1. The summed E-state index contributed by atoms with van der Waals surface area (Å²) in [6, 6.07) is 9.53. The first-order chi connectivity index (χ1) is 11.4. The summed E-state index contributed by atoms with van der Waals surface area (Å²) in [6.07, 6.45) is 0. The largest absolute Gasteiger partial charge is 0.439 e. The molecule has 2 heterocycles. The van der Waals surface area contributed by atoms with Crippen LogP contribution in [0.5, 0.6) is 11.6 Å². The van der Waals surface area contributed by atoms with Gasteiger partial charge in [0.2, 0.25) is 5.88 Å². The third-order valence-corrected chi connectivity index (χ3v) is 3.28. The number of non-ortho nitro benzene ring substituents is 1. The van der Waals surface area contributed by atoms with Gasteiger partial charge in [0.05, 0.1) is 16.7 Å². The highest BCUT2D eigenvalue weighted by Crippen LogP contribution is 2.25. The second-order valence-corrected chi connectivity index (χ2v) is 5.31. The molecule has 2 aromatic heterocycles. The van der Waals surface area contributed by atoms with E-state index in [0.717, 1.165) is 11.4 Å². The van der Waals surface area contributed by atoms with Crippen LogP contribution in [0.15, 0.2) is 36.4 Å². The van der Waals surface area contributed by atoms with Gasteiger partial charge in [-0.3, -0.25) is 10.1 Å². The Bertz CT molecular complexity index is 920. The van der Waals surface area contributed by atoms with E-state index in [1.165, 1.54) is 12.1 Å². The molecule has 8 heteroatoms. The number of rotatable bonds is 4. The van der Waals surface area contributed by atoms with Crippen LogP contribution in [-0.2, 0) is 0 Å². The standard InChI is InChI=1S/C16H15N5O3/c1-10-7-11(2)20(19-10)15-9-16(18-12(3)17-15)24-14-6-4-5-13(8-14)21(22)23/h4-9H,1-3H3. The van der Waals surface area contributed by atoms with E-state index in [1.54, 1.807) is 29.8 Å². The molecular formula is C16H15N5O3.